The molecule has 0 spiro atoms. The summed E-state index contributed by atoms with van der Waals surface area (Å²) in [5, 5.41) is 3.03. The van der Waals surface area contributed by atoms with Crippen LogP contribution in [0.15, 0.2) is 18.2 Å². The molecule has 116 valence electrons. The minimum absolute atomic E-state index is 0.0822. The molecule has 0 bridgehead atoms. The summed E-state index contributed by atoms with van der Waals surface area (Å²) < 4.78 is 5.13. The fourth-order valence-corrected chi connectivity index (χ4v) is 2.05. The molecule has 1 rings (SSSR count). The molecule has 1 aromatic rings. The van der Waals surface area contributed by atoms with Crippen molar-refractivity contribution in [1.29, 1.82) is 0 Å². The van der Waals surface area contributed by atoms with Gasteiger partial charge in [-0.1, -0.05) is 25.4 Å². The van der Waals surface area contributed by atoms with Crippen LogP contribution in [0, 0.1) is 0 Å². The standard InChI is InChI=1S/C15H21ClN2O3/c1-4-11(5-2)18-14(19)9(3)21-15(20)12-7-6-10(17)8-13(12)16/h6-9,11H,4-5,17H2,1-3H3,(H,18,19). The predicted octanol–water partition coefficient (Wildman–Crippen LogP) is 2.77. The number of nitrogens with one attached hydrogen (secondary N) is 1. The van der Waals surface area contributed by atoms with Crippen LogP contribution in [0.2, 0.25) is 5.02 Å². The van der Waals surface area contributed by atoms with E-state index in [1.54, 1.807) is 6.07 Å². The fraction of sp³-hybridized carbons (Fsp3) is 0.467. The smallest absolute Gasteiger partial charge is 0.340 e. The molecule has 0 aliphatic carbocycles. The molecule has 0 heterocycles. The molecule has 0 aliphatic heterocycles. The van der Waals surface area contributed by atoms with Crippen molar-refractivity contribution in [2.75, 3.05) is 5.73 Å². The maximum absolute atomic E-state index is 12.0. The molecule has 3 N–H and O–H groups in total. The SMILES string of the molecule is CCC(CC)NC(=O)C(C)OC(=O)c1ccc(N)cc1Cl. The highest BCUT2D eigenvalue weighted by molar-refractivity contribution is 6.33. The molecule has 0 aliphatic rings. The third kappa shape index (κ3) is 4.93. The molecule has 0 saturated carbocycles. The topological polar surface area (TPSA) is 81.4 Å². The largest absolute Gasteiger partial charge is 0.449 e. The van der Waals surface area contributed by atoms with Crippen molar-refractivity contribution in [3.63, 3.8) is 0 Å². The number of esters is 1. The first-order valence-electron chi connectivity index (χ1n) is 6.95. The Hall–Kier alpha value is -1.75. The summed E-state index contributed by atoms with van der Waals surface area (Å²) in [4.78, 5) is 23.9. The lowest BCUT2D eigenvalue weighted by Gasteiger charge is -2.19. The minimum Gasteiger partial charge on any atom is -0.449 e. The van der Waals surface area contributed by atoms with Gasteiger partial charge in [0.1, 0.15) is 0 Å². The Bertz CT molecular complexity index is 516. The second kappa shape index (κ2) is 7.88. The summed E-state index contributed by atoms with van der Waals surface area (Å²) in [5.41, 5.74) is 6.20. The molecule has 0 aromatic heterocycles. The quantitative estimate of drug-likeness (QED) is 0.625. The molecule has 0 saturated heterocycles. The predicted molar refractivity (Wildman–Crippen MR) is 83.3 cm³/mol. The van der Waals surface area contributed by atoms with Gasteiger partial charge in [-0.3, -0.25) is 4.79 Å². The number of benzene rings is 1. The van der Waals surface area contributed by atoms with E-state index in [4.69, 9.17) is 22.1 Å². The van der Waals surface area contributed by atoms with E-state index in [1.165, 1.54) is 19.1 Å². The maximum Gasteiger partial charge on any atom is 0.340 e. The number of anilines is 1. The first-order valence-corrected chi connectivity index (χ1v) is 7.33. The average molecular weight is 313 g/mol. The number of carbonyl (C=O) groups is 2. The molecule has 5 nitrogen and oxygen atoms in total. The normalized spacial score (nSPS) is 12.0. The van der Waals surface area contributed by atoms with Gasteiger partial charge < -0.3 is 15.8 Å². The van der Waals surface area contributed by atoms with E-state index in [9.17, 15) is 9.59 Å². The highest BCUT2D eigenvalue weighted by Crippen LogP contribution is 2.20. The monoisotopic (exact) mass is 312 g/mol. The van der Waals surface area contributed by atoms with E-state index < -0.39 is 12.1 Å². The van der Waals surface area contributed by atoms with Crippen LogP contribution in [0.5, 0.6) is 0 Å². The lowest BCUT2D eigenvalue weighted by atomic mass is 10.1. The second-order valence-corrected chi connectivity index (χ2v) is 5.22. The number of hydrogen-bond donors (Lipinski definition) is 2. The molecule has 1 aromatic carbocycles. The summed E-state index contributed by atoms with van der Waals surface area (Å²) in [5.74, 6) is -0.962. The minimum atomic E-state index is -0.883. The number of ether oxygens (including phenoxy) is 1. The van der Waals surface area contributed by atoms with Crippen LogP contribution in [0.25, 0.3) is 0 Å². The second-order valence-electron chi connectivity index (χ2n) is 4.81. The zero-order chi connectivity index (χ0) is 16.0. The van der Waals surface area contributed by atoms with Crippen LogP contribution >= 0.6 is 11.6 Å². The first-order chi connectivity index (χ1) is 9.88. The van der Waals surface area contributed by atoms with Crippen LogP contribution in [0.3, 0.4) is 0 Å². The number of carbonyl (C=O) groups excluding carboxylic acids is 2. The molecule has 6 heteroatoms. The number of nitrogens with two attached hydrogens (primary N) is 1. The van der Waals surface area contributed by atoms with Gasteiger partial charge in [-0.05, 0) is 38.0 Å². The van der Waals surface area contributed by atoms with Crippen LogP contribution in [0.4, 0.5) is 5.69 Å². The zero-order valence-corrected chi connectivity index (χ0v) is 13.2. The van der Waals surface area contributed by atoms with Crippen molar-refractivity contribution in [3.8, 4) is 0 Å². The maximum atomic E-state index is 12.0. The van der Waals surface area contributed by atoms with E-state index >= 15 is 0 Å². The van der Waals surface area contributed by atoms with E-state index in [1.807, 2.05) is 13.8 Å². The van der Waals surface area contributed by atoms with Crippen molar-refractivity contribution >= 4 is 29.2 Å². The molecule has 0 radical (unpaired) electrons. The van der Waals surface area contributed by atoms with Crippen molar-refractivity contribution in [3.05, 3.63) is 28.8 Å². The highest BCUT2D eigenvalue weighted by atomic mass is 35.5. The number of halogens is 1. The highest BCUT2D eigenvalue weighted by Gasteiger charge is 2.21. The molecular weight excluding hydrogens is 292 g/mol. The first kappa shape index (κ1) is 17.3. The summed E-state index contributed by atoms with van der Waals surface area (Å²) in [6, 6.07) is 4.58. The molecule has 1 amide bonds. The van der Waals surface area contributed by atoms with Gasteiger partial charge in [0.2, 0.25) is 0 Å². The Morgan fingerprint density at radius 2 is 1.95 bits per heavy atom. The van der Waals surface area contributed by atoms with Crippen LogP contribution < -0.4 is 11.1 Å². The lowest BCUT2D eigenvalue weighted by molar-refractivity contribution is -0.129. The Morgan fingerprint density at radius 1 is 1.33 bits per heavy atom. The van der Waals surface area contributed by atoms with Gasteiger partial charge in [-0.15, -0.1) is 0 Å². The van der Waals surface area contributed by atoms with Crippen molar-refractivity contribution in [2.45, 2.75) is 45.8 Å². The molecule has 21 heavy (non-hydrogen) atoms. The summed E-state index contributed by atoms with van der Waals surface area (Å²) in [7, 11) is 0. The van der Waals surface area contributed by atoms with Gasteiger partial charge in [0, 0.05) is 11.7 Å². The van der Waals surface area contributed by atoms with E-state index in [0.29, 0.717) is 5.69 Å². The zero-order valence-electron chi connectivity index (χ0n) is 12.5. The molecule has 1 unspecified atom stereocenters. The third-order valence-corrected chi connectivity index (χ3v) is 3.51. The number of hydrogen-bond acceptors (Lipinski definition) is 4. The van der Waals surface area contributed by atoms with E-state index in [-0.39, 0.29) is 22.5 Å². The molecule has 1 atom stereocenters. The number of rotatable bonds is 6. The Labute approximate surface area is 129 Å². The van der Waals surface area contributed by atoms with Crippen molar-refractivity contribution in [2.24, 2.45) is 0 Å². The summed E-state index contributed by atoms with van der Waals surface area (Å²) in [6.07, 6.45) is 0.770. The van der Waals surface area contributed by atoms with Crippen molar-refractivity contribution < 1.29 is 14.3 Å². The van der Waals surface area contributed by atoms with E-state index in [0.717, 1.165) is 12.8 Å². The average Bonchev–Trinajstić information content (AvgIpc) is 2.44. The van der Waals surface area contributed by atoms with Gasteiger partial charge in [0.05, 0.1) is 10.6 Å². The van der Waals surface area contributed by atoms with Gasteiger partial charge in [0.25, 0.3) is 5.91 Å². The van der Waals surface area contributed by atoms with Gasteiger partial charge >= 0.3 is 5.97 Å². The third-order valence-electron chi connectivity index (χ3n) is 3.20. The molecular formula is C15H21ClN2O3. The van der Waals surface area contributed by atoms with Crippen LogP contribution in [-0.4, -0.2) is 24.0 Å². The fourth-order valence-electron chi connectivity index (χ4n) is 1.79. The van der Waals surface area contributed by atoms with Crippen molar-refractivity contribution in [1.82, 2.24) is 5.32 Å². The number of nitrogen functional groups attached to an aromatic ring is 1. The van der Waals surface area contributed by atoms with Crippen LogP contribution in [-0.2, 0) is 9.53 Å². The van der Waals surface area contributed by atoms with Crippen LogP contribution in [0.1, 0.15) is 44.0 Å². The number of amides is 1. The molecule has 0 fully saturated rings. The summed E-state index contributed by atoms with van der Waals surface area (Å²) >= 11 is 5.94. The van der Waals surface area contributed by atoms with Gasteiger partial charge in [-0.25, -0.2) is 4.79 Å². The Morgan fingerprint density at radius 3 is 2.48 bits per heavy atom. The Kier molecular flexibility index (Phi) is 6.49. The lowest BCUT2D eigenvalue weighted by Crippen LogP contribution is -2.41. The van der Waals surface area contributed by atoms with Gasteiger partial charge in [-0.2, -0.15) is 0 Å². The van der Waals surface area contributed by atoms with Gasteiger partial charge in [0.15, 0.2) is 6.10 Å². The summed E-state index contributed by atoms with van der Waals surface area (Å²) in [6.45, 7) is 5.50. The van der Waals surface area contributed by atoms with E-state index in [2.05, 4.69) is 5.32 Å². The Balaban J connectivity index is 2.67.